The van der Waals surface area contributed by atoms with Crippen LogP contribution in [0.1, 0.15) is 52.9 Å². The number of nitrogens with one attached hydrogen (secondary N) is 1. The summed E-state index contributed by atoms with van der Waals surface area (Å²) in [6.07, 6.45) is 6.64. The molecule has 1 aliphatic heterocycles. The normalized spacial score (nSPS) is 23.2. The quantitative estimate of drug-likeness (QED) is 0.749. The van der Waals surface area contributed by atoms with Gasteiger partial charge in [-0.25, -0.2) is 0 Å². The Morgan fingerprint density at radius 1 is 1.25 bits per heavy atom. The first-order chi connectivity index (χ1) is 7.72. The second-order valence-corrected chi connectivity index (χ2v) is 5.38. The van der Waals surface area contributed by atoms with Crippen molar-refractivity contribution in [2.75, 3.05) is 20.1 Å². The van der Waals surface area contributed by atoms with Crippen molar-refractivity contribution in [1.82, 2.24) is 10.2 Å². The van der Waals surface area contributed by atoms with Gasteiger partial charge in [0, 0.05) is 12.1 Å². The molecule has 96 valence electrons. The average Bonchev–Trinajstić information content (AvgIpc) is 2.31. The highest BCUT2D eigenvalue weighted by Crippen LogP contribution is 2.22. The molecule has 2 atom stereocenters. The molecule has 0 aliphatic carbocycles. The predicted molar refractivity (Wildman–Crippen MR) is 71.8 cm³/mol. The molecule has 0 amide bonds. The van der Waals surface area contributed by atoms with Crippen molar-refractivity contribution in [3.05, 3.63) is 0 Å². The molecular formula is C14H30N2. The Hall–Kier alpha value is -0.0800. The number of rotatable bonds is 6. The molecule has 2 nitrogen and oxygen atoms in total. The third kappa shape index (κ3) is 3.74. The van der Waals surface area contributed by atoms with Crippen LogP contribution in [0.15, 0.2) is 0 Å². The summed E-state index contributed by atoms with van der Waals surface area (Å²) in [5.41, 5.74) is 0. The van der Waals surface area contributed by atoms with Gasteiger partial charge in [0.15, 0.2) is 0 Å². The highest BCUT2D eigenvalue weighted by atomic mass is 15.2. The minimum absolute atomic E-state index is 0.684. The van der Waals surface area contributed by atoms with Crippen molar-refractivity contribution in [3.8, 4) is 0 Å². The highest BCUT2D eigenvalue weighted by molar-refractivity contribution is 4.85. The molecule has 1 rings (SSSR count). The van der Waals surface area contributed by atoms with Crippen LogP contribution in [-0.4, -0.2) is 37.1 Å². The van der Waals surface area contributed by atoms with Gasteiger partial charge in [-0.15, -0.1) is 0 Å². The van der Waals surface area contributed by atoms with Gasteiger partial charge in [0.25, 0.3) is 0 Å². The van der Waals surface area contributed by atoms with Crippen LogP contribution in [0.3, 0.4) is 0 Å². The van der Waals surface area contributed by atoms with Crippen molar-refractivity contribution >= 4 is 0 Å². The fourth-order valence-corrected chi connectivity index (χ4v) is 3.00. The fraction of sp³-hybridized carbons (Fsp3) is 1.00. The molecule has 1 heterocycles. The lowest BCUT2D eigenvalue weighted by molar-refractivity contribution is 0.106. The monoisotopic (exact) mass is 226 g/mol. The van der Waals surface area contributed by atoms with E-state index in [0.717, 1.165) is 12.0 Å². The van der Waals surface area contributed by atoms with Crippen molar-refractivity contribution in [2.24, 2.45) is 5.92 Å². The topological polar surface area (TPSA) is 15.3 Å². The zero-order chi connectivity index (χ0) is 12.0. The summed E-state index contributed by atoms with van der Waals surface area (Å²) in [4.78, 5) is 2.72. The zero-order valence-corrected chi connectivity index (χ0v) is 11.6. The minimum atomic E-state index is 0.684. The first-order valence-electron chi connectivity index (χ1n) is 7.14. The van der Waals surface area contributed by atoms with E-state index in [9.17, 15) is 0 Å². The molecule has 0 saturated carbocycles. The molecule has 0 spiro atoms. The summed E-state index contributed by atoms with van der Waals surface area (Å²) < 4.78 is 0. The number of likely N-dealkylation sites (N-methyl/N-ethyl adjacent to an activating group) is 1. The molecule has 1 fully saturated rings. The van der Waals surface area contributed by atoms with E-state index in [2.05, 4.69) is 38.0 Å². The summed E-state index contributed by atoms with van der Waals surface area (Å²) >= 11 is 0. The molecule has 1 saturated heterocycles. The molecule has 1 aliphatic rings. The van der Waals surface area contributed by atoms with E-state index in [1.165, 1.54) is 45.2 Å². The zero-order valence-electron chi connectivity index (χ0n) is 11.6. The number of hydrogen-bond donors (Lipinski definition) is 1. The Morgan fingerprint density at radius 3 is 2.31 bits per heavy atom. The van der Waals surface area contributed by atoms with Gasteiger partial charge in [0.2, 0.25) is 0 Å². The van der Waals surface area contributed by atoms with Crippen molar-refractivity contribution in [1.29, 1.82) is 0 Å². The number of nitrogens with zero attached hydrogens (tertiary/aromatic N) is 1. The fourth-order valence-electron chi connectivity index (χ4n) is 3.00. The summed E-state index contributed by atoms with van der Waals surface area (Å²) in [6, 6.07) is 1.43. The Morgan fingerprint density at radius 2 is 1.88 bits per heavy atom. The molecule has 2 heteroatoms. The van der Waals surface area contributed by atoms with E-state index in [-0.39, 0.29) is 0 Å². The summed E-state index contributed by atoms with van der Waals surface area (Å²) in [5.74, 6) is 0.938. The van der Waals surface area contributed by atoms with E-state index >= 15 is 0 Å². The standard InChI is InChI=1S/C14H30N2/c1-5-7-13(15-4)14(6-2)16-10-8-12(3)9-11-16/h12-15H,5-11H2,1-4H3. The second kappa shape index (κ2) is 7.29. The van der Waals surface area contributed by atoms with Crippen LogP contribution < -0.4 is 5.32 Å². The van der Waals surface area contributed by atoms with Gasteiger partial charge in [0.1, 0.15) is 0 Å². The van der Waals surface area contributed by atoms with E-state index < -0.39 is 0 Å². The summed E-state index contributed by atoms with van der Waals surface area (Å²) in [5, 5.41) is 3.52. The first kappa shape index (κ1) is 14.0. The lowest BCUT2D eigenvalue weighted by Crippen LogP contribution is -2.51. The summed E-state index contributed by atoms with van der Waals surface area (Å²) in [6.45, 7) is 9.63. The van der Waals surface area contributed by atoms with Crippen LogP contribution in [-0.2, 0) is 0 Å². The van der Waals surface area contributed by atoms with Gasteiger partial charge >= 0.3 is 0 Å². The number of hydrogen-bond acceptors (Lipinski definition) is 2. The van der Waals surface area contributed by atoms with Crippen molar-refractivity contribution in [2.45, 2.75) is 65.0 Å². The first-order valence-corrected chi connectivity index (χ1v) is 7.14. The van der Waals surface area contributed by atoms with E-state index in [0.29, 0.717) is 6.04 Å². The summed E-state index contributed by atoms with van der Waals surface area (Å²) in [7, 11) is 2.12. The molecule has 1 N–H and O–H groups in total. The smallest absolute Gasteiger partial charge is 0.0246 e. The number of likely N-dealkylation sites (tertiary alicyclic amines) is 1. The van der Waals surface area contributed by atoms with Crippen LogP contribution in [0.5, 0.6) is 0 Å². The maximum absolute atomic E-state index is 3.52. The van der Waals surface area contributed by atoms with Crippen molar-refractivity contribution < 1.29 is 0 Å². The largest absolute Gasteiger partial charge is 0.315 e. The van der Waals surface area contributed by atoms with Gasteiger partial charge in [-0.2, -0.15) is 0 Å². The Labute approximate surface area is 102 Å². The van der Waals surface area contributed by atoms with E-state index in [1.54, 1.807) is 0 Å². The van der Waals surface area contributed by atoms with E-state index in [4.69, 9.17) is 0 Å². The van der Waals surface area contributed by atoms with Gasteiger partial charge in [-0.3, -0.25) is 4.90 Å². The molecule has 0 aromatic heterocycles. The molecule has 0 aromatic carbocycles. The van der Waals surface area contributed by atoms with Gasteiger partial charge in [-0.1, -0.05) is 27.2 Å². The average molecular weight is 226 g/mol. The minimum Gasteiger partial charge on any atom is -0.315 e. The molecular weight excluding hydrogens is 196 g/mol. The van der Waals surface area contributed by atoms with Gasteiger partial charge < -0.3 is 5.32 Å². The maximum Gasteiger partial charge on any atom is 0.0246 e. The SMILES string of the molecule is CCCC(NC)C(CC)N1CCC(C)CC1. The lowest BCUT2D eigenvalue weighted by atomic mass is 9.93. The van der Waals surface area contributed by atoms with Gasteiger partial charge in [0.05, 0.1) is 0 Å². The van der Waals surface area contributed by atoms with Crippen LogP contribution in [0.25, 0.3) is 0 Å². The maximum atomic E-state index is 3.52. The molecule has 16 heavy (non-hydrogen) atoms. The number of piperidine rings is 1. The van der Waals surface area contributed by atoms with E-state index in [1.807, 2.05) is 0 Å². The van der Waals surface area contributed by atoms with Crippen molar-refractivity contribution in [3.63, 3.8) is 0 Å². The van der Waals surface area contributed by atoms with Gasteiger partial charge in [-0.05, 0) is 51.7 Å². The Bertz CT molecular complexity index is 174. The lowest BCUT2D eigenvalue weighted by Gasteiger charge is -2.40. The third-order valence-corrected chi connectivity index (χ3v) is 4.14. The van der Waals surface area contributed by atoms with Crippen LogP contribution >= 0.6 is 0 Å². The Balaban J connectivity index is 2.51. The predicted octanol–water partition coefficient (Wildman–Crippen LogP) is 2.89. The third-order valence-electron chi connectivity index (χ3n) is 4.14. The molecule has 0 bridgehead atoms. The molecule has 2 unspecified atom stereocenters. The second-order valence-electron chi connectivity index (χ2n) is 5.38. The van der Waals surface area contributed by atoms with Crippen LogP contribution in [0.2, 0.25) is 0 Å². The molecule has 0 aromatic rings. The Kier molecular flexibility index (Phi) is 6.37. The van der Waals surface area contributed by atoms with Crippen LogP contribution in [0.4, 0.5) is 0 Å². The highest BCUT2D eigenvalue weighted by Gasteiger charge is 2.27. The van der Waals surface area contributed by atoms with Crippen LogP contribution in [0, 0.1) is 5.92 Å². The molecule has 0 radical (unpaired) electrons.